The quantitative estimate of drug-likeness (QED) is 0.326. The Balaban J connectivity index is 2.01. The van der Waals surface area contributed by atoms with E-state index in [9.17, 15) is 20.6 Å². The number of hydrogen-bond acceptors (Lipinski definition) is 6. The fourth-order valence-electron chi connectivity index (χ4n) is 3.64. The number of nitriles is 2. The van der Waals surface area contributed by atoms with Crippen molar-refractivity contribution in [2.75, 3.05) is 0 Å². The van der Waals surface area contributed by atoms with Crippen molar-refractivity contribution in [3.63, 3.8) is 0 Å². The lowest BCUT2D eigenvalue weighted by molar-refractivity contribution is -0.384. The highest BCUT2D eigenvalue weighted by atomic mass is 16.6. The molecule has 0 aliphatic heterocycles. The molecule has 2 heterocycles. The molecule has 0 bridgehead atoms. The van der Waals surface area contributed by atoms with Crippen molar-refractivity contribution in [1.82, 2.24) is 14.5 Å². The van der Waals surface area contributed by atoms with Crippen molar-refractivity contribution in [1.29, 1.82) is 10.5 Å². The summed E-state index contributed by atoms with van der Waals surface area (Å²) in [6.45, 7) is 0. The van der Waals surface area contributed by atoms with Crippen LogP contribution in [0.1, 0.15) is 11.1 Å². The summed E-state index contributed by atoms with van der Waals surface area (Å²) in [5.74, 6) is 0. The van der Waals surface area contributed by atoms with Gasteiger partial charge in [0, 0.05) is 11.5 Å². The molecule has 0 saturated heterocycles. The summed E-state index contributed by atoms with van der Waals surface area (Å²) < 4.78 is 1.63. The zero-order valence-corrected chi connectivity index (χ0v) is 15.3. The highest BCUT2D eigenvalue weighted by molar-refractivity contribution is 6.08. The maximum atomic E-state index is 11.8. The summed E-state index contributed by atoms with van der Waals surface area (Å²) in [7, 11) is 0. The first-order valence-corrected chi connectivity index (χ1v) is 8.91. The minimum atomic E-state index is -0.563. The van der Waals surface area contributed by atoms with Gasteiger partial charge in [0.05, 0.1) is 32.6 Å². The Morgan fingerprint density at radius 1 is 0.900 bits per heavy atom. The van der Waals surface area contributed by atoms with Crippen LogP contribution in [-0.4, -0.2) is 19.5 Å². The van der Waals surface area contributed by atoms with Gasteiger partial charge in [0.25, 0.3) is 5.69 Å². The molecule has 0 aliphatic rings. The van der Waals surface area contributed by atoms with E-state index >= 15 is 0 Å². The third-order valence-electron chi connectivity index (χ3n) is 4.96. The summed E-state index contributed by atoms with van der Waals surface area (Å²) in [5, 5.41) is 31.4. The largest absolute Gasteiger partial charge is 0.294 e. The zero-order chi connectivity index (χ0) is 20.8. The number of hydrogen-bond donors (Lipinski definition) is 0. The standard InChI is InChI=1S/C22H10N6O2/c23-11-13-9-19(20(28(29)30)10-14(13)12-24)27-18-8-4-1-5-15(18)21-22(27)26-17-7-3-2-6-16(17)25-21/h1-10H. The monoisotopic (exact) mass is 390 g/mol. The summed E-state index contributed by atoms with van der Waals surface area (Å²) in [5.41, 5.74) is 2.93. The molecule has 8 heteroatoms. The second-order valence-electron chi connectivity index (χ2n) is 6.60. The first kappa shape index (κ1) is 17.3. The van der Waals surface area contributed by atoms with Crippen LogP contribution >= 0.6 is 0 Å². The van der Waals surface area contributed by atoms with Gasteiger partial charge in [-0.1, -0.05) is 30.3 Å². The van der Waals surface area contributed by atoms with Crippen molar-refractivity contribution in [2.45, 2.75) is 0 Å². The van der Waals surface area contributed by atoms with Gasteiger partial charge in [-0.15, -0.1) is 0 Å². The number of rotatable bonds is 2. The molecule has 0 N–H and O–H groups in total. The Morgan fingerprint density at radius 3 is 2.23 bits per heavy atom. The normalized spacial score (nSPS) is 10.9. The molecule has 2 aromatic heterocycles. The smallest absolute Gasteiger partial charge is 0.286 e. The lowest BCUT2D eigenvalue weighted by Gasteiger charge is -2.09. The molecule has 0 radical (unpaired) electrons. The second-order valence-corrected chi connectivity index (χ2v) is 6.60. The van der Waals surface area contributed by atoms with E-state index in [4.69, 9.17) is 9.97 Å². The Labute approximate surface area is 169 Å². The highest BCUT2D eigenvalue weighted by Crippen LogP contribution is 2.35. The minimum absolute atomic E-state index is 0.0507. The molecule has 8 nitrogen and oxygen atoms in total. The van der Waals surface area contributed by atoms with Crippen molar-refractivity contribution in [2.24, 2.45) is 0 Å². The highest BCUT2D eigenvalue weighted by Gasteiger charge is 2.24. The van der Waals surface area contributed by atoms with Crippen LogP contribution in [-0.2, 0) is 0 Å². The Hall–Kier alpha value is -4.82. The van der Waals surface area contributed by atoms with Gasteiger partial charge in [-0.25, -0.2) is 9.97 Å². The first-order chi connectivity index (χ1) is 14.6. The van der Waals surface area contributed by atoms with Crippen LogP contribution in [0, 0.1) is 32.8 Å². The van der Waals surface area contributed by atoms with Gasteiger partial charge >= 0.3 is 0 Å². The van der Waals surface area contributed by atoms with E-state index in [1.165, 1.54) is 6.07 Å². The van der Waals surface area contributed by atoms with Gasteiger partial charge in [0.15, 0.2) is 5.65 Å². The van der Waals surface area contributed by atoms with Crippen LogP contribution in [0.3, 0.4) is 0 Å². The molecule has 3 aromatic carbocycles. The summed E-state index contributed by atoms with van der Waals surface area (Å²) in [6, 6.07) is 21.0. The third kappa shape index (κ3) is 2.38. The molecular formula is C22H10N6O2. The van der Waals surface area contributed by atoms with Crippen molar-refractivity contribution in [3.05, 3.63) is 81.9 Å². The summed E-state index contributed by atoms with van der Waals surface area (Å²) in [4.78, 5) is 20.7. The minimum Gasteiger partial charge on any atom is -0.286 e. The molecule has 0 unspecified atom stereocenters. The molecule has 0 aliphatic carbocycles. The number of nitrogens with zero attached hydrogens (tertiary/aromatic N) is 6. The van der Waals surface area contributed by atoms with Gasteiger partial charge in [0.2, 0.25) is 0 Å². The molecule has 5 rings (SSSR count). The number of nitro groups is 1. The molecule has 0 amide bonds. The van der Waals surface area contributed by atoms with Crippen LogP contribution < -0.4 is 0 Å². The third-order valence-corrected chi connectivity index (χ3v) is 4.96. The fraction of sp³-hybridized carbons (Fsp3) is 0. The second kappa shape index (κ2) is 6.36. The number of nitro benzene ring substituents is 1. The lowest BCUT2D eigenvalue weighted by atomic mass is 10.1. The number of aromatic nitrogens is 3. The van der Waals surface area contributed by atoms with E-state index in [1.54, 1.807) is 4.57 Å². The van der Waals surface area contributed by atoms with E-state index in [2.05, 4.69) is 0 Å². The Bertz CT molecular complexity index is 1600. The molecule has 0 spiro atoms. The average Bonchev–Trinajstić information content (AvgIpc) is 3.09. The van der Waals surface area contributed by atoms with Crippen molar-refractivity contribution in [3.8, 4) is 17.8 Å². The summed E-state index contributed by atoms with van der Waals surface area (Å²) >= 11 is 0. The molecule has 140 valence electrons. The van der Waals surface area contributed by atoms with E-state index in [0.29, 0.717) is 27.7 Å². The fourth-order valence-corrected chi connectivity index (χ4v) is 3.64. The topological polar surface area (TPSA) is 121 Å². The predicted molar refractivity (Wildman–Crippen MR) is 110 cm³/mol. The van der Waals surface area contributed by atoms with Crippen LogP contribution in [0.4, 0.5) is 5.69 Å². The van der Waals surface area contributed by atoms with E-state index in [1.807, 2.05) is 60.7 Å². The molecule has 0 saturated carbocycles. The summed E-state index contributed by atoms with van der Waals surface area (Å²) in [6.07, 6.45) is 0. The van der Waals surface area contributed by atoms with E-state index < -0.39 is 4.92 Å². The van der Waals surface area contributed by atoms with Gasteiger partial charge in [-0.2, -0.15) is 10.5 Å². The van der Waals surface area contributed by atoms with Crippen LogP contribution in [0.25, 0.3) is 38.8 Å². The predicted octanol–water partition coefficient (Wildman–Crippen LogP) is 4.38. The average molecular weight is 390 g/mol. The lowest BCUT2D eigenvalue weighted by Crippen LogP contribution is -2.03. The van der Waals surface area contributed by atoms with Crippen LogP contribution in [0.15, 0.2) is 60.7 Å². The molecule has 0 fully saturated rings. The van der Waals surface area contributed by atoms with Crippen molar-refractivity contribution >= 4 is 38.8 Å². The molecule has 5 aromatic rings. The van der Waals surface area contributed by atoms with Gasteiger partial charge < -0.3 is 0 Å². The maximum Gasteiger partial charge on any atom is 0.294 e. The Morgan fingerprint density at radius 2 is 1.53 bits per heavy atom. The zero-order valence-electron chi connectivity index (χ0n) is 15.3. The number of fused-ring (bicyclic) bond motifs is 4. The van der Waals surface area contributed by atoms with Crippen LogP contribution in [0.2, 0.25) is 0 Å². The van der Waals surface area contributed by atoms with E-state index in [0.717, 1.165) is 11.5 Å². The number of benzene rings is 3. The van der Waals surface area contributed by atoms with Gasteiger partial charge in [-0.3, -0.25) is 14.7 Å². The Kier molecular flexibility index (Phi) is 3.67. The molecular weight excluding hydrogens is 380 g/mol. The maximum absolute atomic E-state index is 11.8. The van der Waals surface area contributed by atoms with Crippen LogP contribution in [0.5, 0.6) is 0 Å². The molecule has 0 atom stereocenters. The van der Waals surface area contributed by atoms with Crippen molar-refractivity contribution < 1.29 is 4.92 Å². The SMILES string of the molecule is N#Cc1cc(-n2c3ccccc3c3nc4ccccc4nc32)c([N+](=O)[O-])cc1C#N. The first-order valence-electron chi connectivity index (χ1n) is 8.91. The molecule has 30 heavy (non-hydrogen) atoms. The van der Waals surface area contributed by atoms with Gasteiger partial charge in [0.1, 0.15) is 23.3 Å². The van der Waals surface area contributed by atoms with E-state index in [-0.39, 0.29) is 22.5 Å². The van der Waals surface area contributed by atoms with Gasteiger partial charge in [-0.05, 0) is 24.3 Å². The number of para-hydroxylation sites is 3.